The minimum absolute atomic E-state index is 0.108. The lowest BCUT2D eigenvalue weighted by Gasteiger charge is -2.24. The Kier molecular flexibility index (Phi) is 5.52. The molecule has 0 aromatic carbocycles. The highest BCUT2D eigenvalue weighted by Crippen LogP contribution is 2.40. The van der Waals surface area contributed by atoms with Crippen LogP contribution in [-0.2, 0) is 13.8 Å². The molecule has 5 atom stereocenters. The third-order valence-electron chi connectivity index (χ3n) is 4.60. The van der Waals surface area contributed by atoms with Gasteiger partial charge >= 0.3 is 8.03 Å². The second kappa shape index (κ2) is 7.41. The molecular weight excluding hydrogens is 371 g/mol. The van der Waals surface area contributed by atoms with Gasteiger partial charge in [0.25, 0.3) is 0 Å². The van der Waals surface area contributed by atoms with Crippen LogP contribution >= 0.6 is 8.03 Å². The fourth-order valence-electron chi connectivity index (χ4n) is 3.19. The number of rotatable bonds is 6. The third kappa shape index (κ3) is 3.97. The van der Waals surface area contributed by atoms with Crippen LogP contribution in [0.1, 0.15) is 40.3 Å². The van der Waals surface area contributed by atoms with E-state index in [4.69, 9.17) is 15.0 Å². The average molecular weight is 397 g/mol. The van der Waals surface area contributed by atoms with Gasteiger partial charge in [0.15, 0.2) is 11.9 Å². The Labute approximate surface area is 158 Å². The van der Waals surface area contributed by atoms with Crippen molar-refractivity contribution in [3.05, 3.63) is 18.6 Å². The van der Waals surface area contributed by atoms with E-state index in [1.807, 2.05) is 13.8 Å². The predicted octanol–water partition coefficient (Wildman–Crippen LogP) is 1.97. The monoisotopic (exact) mass is 397 g/mol. The van der Waals surface area contributed by atoms with Crippen LogP contribution in [-0.4, -0.2) is 54.3 Å². The maximum absolute atomic E-state index is 12.1. The number of fused-ring (bicyclic) bond motifs is 1. The summed E-state index contributed by atoms with van der Waals surface area (Å²) in [7, 11) is -1.83. The molecule has 0 amide bonds. The van der Waals surface area contributed by atoms with Gasteiger partial charge in [-0.15, -0.1) is 4.52 Å². The molecule has 1 fully saturated rings. The number of aromatic nitrogens is 3. The van der Waals surface area contributed by atoms with Crippen LogP contribution in [0.4, 0.5) is 5.82 Å². The quantitative estimate of drug-likeness (QED) is 0.630. The van der Waals surface area contributed by atoms with Crippen LogP contribution in [0.2, 0.25) is 0 Å². The molecule has 4 N–H and O–H groups in total. The van der Waals surface area contributed by atoms with Crippen LogP contribution in [0, 0.1) is 0 Å². The standard InChI is InChI=1S/C17H26N4O5P/c1-9(2)27(24)26-17(3,4)7-11-12(22)13(23)16(25-11)21-6-5-10-14(18)19-8-20-15(10)21/h5-6,8-9,11-13,16,22-23H,7H2,1-4H3,(H2,18,19,20)/q+1/t11-,12?,13-,16?/m1/s1. The topological polar surface area (TPSA) is 133 Å². The predicted molar refractivity (Wildman–Crippen MR) is 100 cm³/mol. The molecule has 0 saturated carbocycles. The van der Waals surface area contributed by atoms with Crippen LogP contribution < -0.4 is 5.73 Å². The molecule has 2 aromatic heterocycles. The SMILES string of the molecule is CC(C)[P+](=O)OC(C)(C)C[C@H]1OC(n2ccc3c(N)ncnc32)[C@H](O)C1O. The minimum atomic E-state index is -1.83. The van der Waals surface area contributed by atoms with E-state index in [9.17, 15) is 14.8 Å². The number of nitrogens with zero attached hydrogens (tertiary/aromatic N) is 3. The minimum Gasteiger partial charge on any atom is -0.388 e. The molecule has 9 nitrogen and oxygen atoms in total. The highest BCUT2D eigenvalue weighted by molar-refractivity contribution is 7.40. The van der Waals surface area contributed by atoms with Crippen molar-refractivity contribution in [1.29, 1.82) is 0 Å². The van der Waals surface area contributed by atoms with Gasteiger partial charge in [0.2, 0.25) is 0 Å². The van der Waals surface area contributed by atoms with Gasteiger partial charge in [-0.2, -0.15) is 0 Å². The molecule has 2 aromatic rings. The van der Waals surface area contributed by atoms with Crippen LogP contribution in [0.15, 0.2) is 18.6 Å². The van der Waals surface area contributed by atoms with E-state index in [1.165, 1.54) is 6.33 Å². The van der Waals surface area contributed by atoms with Gasteiger partial charge in [-0.05, 0) is 38.3 Å². The molecule has 0 bridgehead atoms. The molecule has 148 valence electrons. The van der Waals surface area contributed by atoms with Crippen molar-refractivity contribution in [1.82, 2.24) is 14.5 Å². The first-order chi connectivity index (χ1) is 12.6. The van der Waals surface area contributed by atoms with E-state index in [1.54, 1.807) is 30.7 Å². The first-order valence-corrected chi connectivity index (χ1v) is 10.1. The Hall–Kier alpha value is -1.64. The summed E-state index contributed by atoms with van der Waals surface area (Å²) in [6, 6.07) is 1.74. The number of nitrogen functional groups attached to an aromatic ring is 1. The van der Waals surface area contributed by atoms with Gasteiger partial charge in [-0.25, -0.2) is 9.97 Å². The molecule has 3 unspecified atom stereocenters. The highest BCUT2D eigenvalue weighted by atomic mass is 31.1. The molecule has 10 heteroatoms. The maximum Gasteiger partial charge on any atom is 0.511 e. The Morgan fingerprint density at radius 2 is 2.07 bits per heavy atom. The van der Waals surface area contributed by atoms with Crippen molar-refractivity contribution < 1.29 is 24.0 Å². The molecule has 3 rings (SSSR count). The van der Waals surface area contributed by atoms with Crippen LogP contribution in [0.25, 0.3) is 11.0 Å². The van der Waals surface area contributed by atoms with Crippen molar-refractivity contribution in [3.8, 4) is 0 Å². The average Bonchev–Trinajstić information content (AvgIpc) is 3.11. The van der Waals surface area contributed by atoms with Crippen molar-refractivity contribution >= 4 is 24.9 Å². The van der Waals surface area contributed by atoms with E-state index in [2.05, 4.69) is 9.97 Å². The number of aliphatic hydroxyl groups excluding tert-OH is 2. The van der Waals surface area contributed by atoms with E-state index in [-0.39, 0.29) is 12.1 Å². The fraction of sp³-hybridized carbons (Fsp3) is 0.647. The first-order valence-electron chi connectivity index (χ1n) is 8.85. The van der Waals surface area contributed by atoms with Gasteiger partial charge in [0.05, 0.1) is 11.5 Å². The molecule has 0 radical (unpaired) electrons. The molecule has 3 heterocycles. The van der Waals surface area contributed by atoms with E-state index in [0.29, 0.717) is 16.9 Å². The zero-order chi connectivity index (χ0) is 19.9. The normalized spacial score (nSPS) is 26.9. The molecule has 1 saturated heterocycles. The third-order valence-corrected chi connectivity index (χ3v) is 6.12. The summed E-state index contributed by atoms with van der Waals surface area (Å²) in [4.78, 5) is 8.14. The molecular formula is C17H26N4O5P+. The summed E-state index contributed by atoms with van der Waals surface area (Å²) in [5.41, 5.74) is 5.47. The number of nitrogens with two attached hydrogens (primary N) is 1. The maximum atomic E-state index is 12.1. The number of hydrogen-bond acceptors (Lipinski definition) is 8. The zero-order valence-electron chi connectivity index (χ0n) is 15.8. The zero-order valence-corrected chi connectivity index (χ0v) is 16.7. The smallest absolute Gasteiger partial charge is 0.388 e. The van der Waals surface area contributed by atoms with Crippen LogP contribution in [0.5, 0.6) is 0 Å². The highest BCUT2D eigenvalue weighted by Gasteiger charge is 2.47. The Morgan fingerprint density at radius 3 is 2.74 bits per heavy atom. The summed E-state index contributed by atoms with van der Waals surface area (Å²) in [6.45, 7) is 7.22. The molecule has 1 aliphatic heterocycles. The van der Waals surface area contributed by atoms with Crippen LogP contribution in [0.3, 0.4) is 0 Å². The summed E-state index contributed by atoms with van der Waals surface area (Å²) in [5, 5.41) is 21.7. The van der Waals surface area contributed by atoms with E-state index in [0.717, 1.165) is 0 Å². The van der Waals surface area contributed by atoms with Gasteiger partial charge in [-0.1, -0.05) is 0 Å². The first kappa shape index (κ1) is 20.1. The number of hydrogen-bond donors (Lipinski definition) is 3. The second-order valence-electron chi connectivity index (χ2n) is 7.70. The molecule has 27 heavy (non-hydrogen) atoms. The van der Waals surface area contributed by atoms with E-state index < -0.39 is 38.2 Å². The Balaban J connectivity index is 1.79. The van der Waals surface area contributed by atoms with Gasteiger partial charge in [-0.3, -0.25) is 0 Å². The van der Waals surface area contributed by atoms with Crippen molar-refractivity contribution in [2.24, 2.45) is 0 Å². The van der Waals surface area contributed by atoms with Gasteiger partial charge in [0.1, 0.15) is 35.6 Å². The summed E-state index contributed by atoms with van der Waals surface area (Å²) < 4.78 is 25.3. The Morgan fingerprint density at radius 1 is 1.37 bits per heavy atom. The van der Waals surface area contributed by atoms with Crippen molar-refractivity contribution in [2.75, 3.05) is 5.73 Å². The van der Waals surface area contributed by atoms with E-state index >= 15 is 0 Å². The Bertz CT molecular complexity index is 840. The van der Waals surface area contributed by atoms with Crippen molar-refractivity contribution in [2.45, 2.75) is 69.9 Å². The number of ether oxygens (including phenoxy) is 1. The summed E-state index contributed by atoms with van der Waals surface area (Å²) in [6.07, 6.45) is -0.494. The lowest BCUT2D eigenvalue weighted by Crippen LogP contribution is -2.36. The fourth-order valence-corrected chi connectivity index (χ4v) is 3.97. The second-order valence-corrected chi connectivity index (χ2v) is 9.49. The van der Waals surface area contributed by atoms with Crippen molar-refractivity contribution in [3.63, 3.8) is 0 Å². The lowest BCUT2D eigenvalue weighted by molar-refractivity contribution is -0.0576. The molecule has 0 spiro atoms. The lowest BCUT2D eigenvalue weighted by atomic mass is 9.97. The molecule has 1 aliphatic rings. The summed E-state index contributed by atoms with van der Waals surface area (Å²) in [5.74, 6) is 0.329. The number of anilines is 1. The summed E-state index contributed by atoms with van der Waals surface area (Å²) >= 11 is 0. The number of aliphatic hydroxyl groups is 2. The van der Waals surface area contributed by atoms with Gasteiger partial charge in [0, 0.05) is 12.6 Å². The largest absolute Gasteiger partial charge is 0.511 e. The van der Waals surface area contributed by atoms with Gasteiger partial charge < -0.3 is 25.3 Å². The molecule has 0 aliphatic carbocycles.